The minimum atomic E-state index is 0.492. The van der Waals surface area contributed by atoms with Gasteiger partial charge in [0.15, 0.2) is 0 Å². The van der Waals surface area contributed by atoms with Gasteiger partial charge in [-0.3, -0.25) is 0 Å². The van der Waals surface area contributed by atoms with E-state index in [1.165, 1.54) is 45.2 Å². The van der Waals surface area contributed by atoms with Crippen molar-refractivity contribution in [1.29, 1.82) is 0 Å². The van der Waals surface area contributed by atoms with E-state index in [0.717, 1.165) is 26.2 Å². The number of ether oxygens (including phenoxy) is 2. The van der Waals surface area contributed by atoms with Crippen LogP contribution < -0.4 is 0 Å². The molecule has 0 radical (unpaired) electrons. The smallest absolute Gasteiger partial charge is 0.0599 e. The zero-order valence-electron chi connectivity index (χ0n) is 11.6. The summed E-state index contributed by atoms with van der Waals surface area (Å²) in [6.07, 6.45) is 7.66. The van der Waals surface area contributed by atoms with E-state index in [1.807, 2.05) is 0 Å². The lowest BCUT2D eigenvalue weighted by Gasteiger charge is -2.28. The molecule has 1 heterocycles. The van der Waals surface area contributed by atoms with Crippen LogP contribution in [-0.4, -0.2) is 51.0 Å². The Morgan fingerprint density at radius 1 is 1.00 bits per heavy atom. The first-order valence-corrected chi connectivity index (χ1v) is 7.21. The molecule has 3 heteroatoms. The van der Waals surface area contributed by atoms with Gasteiger partial charge in [0.05, 0.1) is 6.10 Å². The summed E-state index contributed by atoms with van der Waals surface area (Å²) in [4.78, 5) is 2.37. The van der Waals surface area contributed by atoms with Crippen LogP contribution >= 0.6 is 0 Å². The van der Waals surface area contributed by atoms with Gasteiger partial charge >= 0.3 is 0 Å². The van der Waals surface area contributed by atoms with Gasteiger partial charge < -0.3 is 14.4 Å². The van der Waals surface area contributed by atoms with Gasteiger partial charge in [0.2, 0.25) is 0 Å². The van der Waals surface area contributed by atoms with Crippen molar-refractivity contribution in [2.24, 2.45) is 0 Å². The number of unbranched alkanes of at least 4 members (excludes halogenated alkanes) is 2. The van der Waals surface area contributed by atoms with E-state index >= 15 is 0 Å². The second-order valence-electron chi connectivity index (χ2n) is 5.05. The molecule has 0 atom stereocenters. The van der Waals surface area contributed by atoms with Crippen LogP contribution in [0.25, 0.3) is 0 Å². The van der Waals surface area contributed by atoms with Crippen molar-refractivity contribution in [1.82, 2.24) is 4.90 Å². The SMILES string of the molecule is CCCCCOCCCOC1CCN(C)CC1. The molecule has 0 aromatic rings. The van der Waals surface area contributed by atoms with Crippen LogP contribution in [0, 0.1) is 0 Å². The molecule has 1 aliphatic heterocycles. The molecule has 0 N–H and O–H groups in total. The lowest BCUT2D eigenvalue weighted by atomic mass is 10.1. The zero-order valence-corrected chi connectivity index (χ0v) is 11.6. The Labute approximate surface area is 106 Å². The molecule has 0 aromatic carbocycles. The van der Waals surface area contributed by atoms with Crippen LogP contribution in [0.2, 0.25) is 0 Å². The predicted molar refractivity (Wildman–Crippen MR) is 71.4 cm³/mol. The lowest BCUT2D eigenvalue weighted by molar-refractivity contribution is 0.00112. The predicted octanol–water partition coefficient (Wildman–Crippen LogP) is 2.69. The van der Waals surface area contributed by atoms with Crippen LogP contribution in [0.4, 0.5) is 0 Å². The first kappa shape index (κ1) is 14.9. The molecular weight excluding hydrogens is 214 g/mol. The third-order valence-corrected chi connectivity index (χ3v) is 3.34. The van der Waals surface area contributed by atoms with Gasteiger partial charge in [-0.15, -0.1) is 0 Å². The Kier molecular flexibility index (Phi) is 8.67. The Bertz CT molecular complexity index is 168. The fourth-order valence-corrected chi connectivity index (χ4v) is 2.12. The summed E-state index contributed by atoms with van der Waals surface area (Å²) in [6.45, 7) is 7.21. The number of hydrogen-bond donors (Lipinski definition) is 0. The Balaban J connectivity index is 1.81. The van der Waals surface area contributed by atoms with Crippen molar-refractivity contribution in [3.8, 4) is 0 Å². The van der Waals surface area contributed by atoms with Crippen LogP contribution in [0.15, 0.2) is 0 Å². The van der Waals surface area contributed by atoms with E-state index in [9.17, 15) is 0 Å². The molecule has 102 valence electrons. The van der Waals surface area contributed by atoms with E-state index in [2.05, 4.69) is 18.9 Å². The van der Waals surface area contributed by atoms with Crippen LogP contribution in [0.5, 0.6) is 0 Å². The van der Waals surface area contributed by atoms with Gasteiger partial charge in [-0.05, 0) is 32.7 Å². The molecule has 1 fully saturated rings. The van der Waals surface area contributed by atoms with E-state index in [-0.39, 0.29) is 0 Å². The minimum Gasteiger partial charge on any atom is -0.381 e. The molecular formula is C14H29NO2. The van der Waals surface area contributed by atoms with Gasteiger partial charge in [0.25, 0.3) is 0 Å². The first-order chi connectivity index (χ1) is 8.33. The van der Waals surface area contributed by atoms with Crippen LogP contribution in [-0.2, 0) is 9.47 Å². The Hall–Kier alpha value is -0.120. The number of likely N-dealkylation sites (tertiary alicyclic amines) is 1. The van der Waals surface area contributed by atoms with Crippen molar-refractivity contribution in [2.45, 2.75) is 51.6 Å². The highest BCUT2D eigenvalue weighted by atomic mass is 16.5. The maximum absolute atomic E-state index is 5.85. The lowest BCUT2D eigenvalue weighted by Crippen LogP contribution is -2.34. The van der Waals surface area contributed by atoms with Crippen LogP contribution in [0.3, 0.4) is 0 Å². The molecule has 0 unspecified atom stereocenters. The highest BCUT2D eigenvalue weighted by Gasteiger charge is 2.16. The van der Waals surface area contributed by atoms with Gasteiger partial charge in [0, 0.05) is 32.9 Å². The van der Waals surface area contributed by atoms with Gasteiger partial charge in [-0.2, -0.15) is 0 Å². The average molecular weight is 243 g/mol. The summed E-state index contributed by atoms with van der Waals surface area (Å²) in [7, 11) is 2.18. The second-order valence-corrected chi connectivity index (χ2v) is 5.05. The van der Waals surface area contributed by atoms with Gasteiger partial charge in [-0.1, -0.05) is 19.8 Å². The molecule has 1 saturated heterocycles. The third kappa shape index (κ3) is 7.74. The number of piperidine rings is 1. The Morgan fingerprint density at radius 3 is 2.41 bits per heavy atom. The summed E-state index contributed by atoms with van der Waals surface area (Å²) in [5, 5.41) is 0. The molecule has 1 aliphatic rings. The molecule has 0 aliphatic carbocycles. The summed E-state index contributed by atoms with van der Waals surface area (Å²) in [6, 6.07) is 0. The van der Waals surface area contributed by atoms with Gasteiger partial charge in [0.1, 0.15) is 0 Å². The van der Waals surface area contributed by atoms with Gasteiger partial charge in [-0.25, -0.2) is 0 Å². The van der Waals surface area contributed by atoms with E-state index in [4.69, 9.17) is 9.47 Å². The number of hydrogen-bond acceptors (Lipinski definition) is 3. The first-order valence-electron chi connectivity index (χ1n) is 7.21. The summed E-state index contributed by atoms with van der Waals surface area (Å²) in [5.41, 5.74) is 0. The summed E-state index contributed by atoms with van der Waals surface area (Å²) >= 11 is 0. The Morgan fingerprint density at radius 2 is 1.71 bits per heavy atom. The molecule has 17 heavy (non-hydrogen) atoms. The van der Waals surface area contributed by atoms with E-state index < -0.39 is 0 Å². The molecule has 0 aromatic heterocycles. The topological polar surface area (TPSA) is 21.7 Å². The van der Waals surface area contributed by atoms with Crippen molar-refractivity contribution in [3.63, 3.8) is 0 Å². The quantitative estimate of drug-likeness (QED) is 0.581. The van der Waals surface area contributed by atoms with Crippen molar-refractivity contribution >= 4 is 0 Å². The zero-order chi connectivity index (χ0) is 12.3. The molecule has 0 saturated carbocycles. The monoisotopic (exact) mass is 243 g/mol. The highest BCUT2D eigenvalue weighted by Crippen LogP contribution is 2.12. The molecule has 0 bridgehead atoms. The fourth-order valence-electron chi connectivity index (χ4n) is 2.12. The minimum absolute atomic E-state index is 0.492. The normalized spacial score (nSPS) is 18.7. The van der Waals surface area contributed by atoms with Crippen molar-refractivity contribution in [2.75, 3.05) is 40.0 Å². The summed E-state index contributed by atoms with van der Waals surface area (Å²) < 4.78 is 11.4. The molecule has 0 amide bonds. The molecule has 0 spiro atoms. The molecule has 1 rings (SSSR count). The van der Waals surface area contributed by atoms with E-state index in [1.54, 1.807) is 0 Å². The van der Waals surface area contributed by atoms with Crippen molar-refractivity contribution in [3.05, 3.63) is 0 Å². The standard InChI is InChI=1S/C14H29NO2/c1-3-4-5-11-16-12-6-13-17-14-7-9-15(2)10-8-14/h14H,3-13H2,1-2H3. The highest BCUT2D eigenvalue weighted by molar-refractivity contribution is 4.69. The fraction of sp³-hybridized carbons (Fsp3) is 1.00. The van der Waals surface area contributed by atoms with Crippen molar-refractivity contribution < 1.29 is 9.47 Å². The molecule has 3 nitrogen and oxygen atoms in total. The number of rotatable bonds is 9. The third-order valence-electron chi connectivity index (χ3n) is 3.34. The largest absolute Gasteiger partial charge is 0.381 e. The average Bonchev–Trinajstić information content (AvgIpc) is 2.35. The summed E-state index contributed by atoms with van der Waals surface area (Å²) in [5.74, 6) is 0. The maximum Gasteiger partial charge on any atom is 0.0599 e. The number of nitrogens with zero attached hydrogens (tertiary/aromatic N) is 1. The van der Waals surface area contributed by atoms with Crippen LogP contribution in [0.1, 0.15) is 45.4 Å². The van der Waals surface area contributed by atoms with E-state index in [0.29, 0.717) is 6.10 Å². The second kappa shape index (κ2) is 9.86. The maximum atomic E-state index is 5.85.